The number of benzene rings is 3. The van der Waals surface area contributed by atoms with E-state index in [1.54, 1.807) is 31.9 Å². The van der Waals surface area contributed by atoms with Crippen LogP contribution in [0.1, 0.15) is 34.9 Å². The number of methoxy groups -OCH3 is 1. The fourth-order valence-electron chi connectivity index (χ4n) is 6.46. The number of ether oxygens (including phenoxy) is 5. The van der Waals surface area contributed by atoms with Crippen molar-refractivity contribution >= 4 is 23.4 Å². The Morgan fingerprint density at radius 2 is 1.53 bits per heavy atom. The predicted octanol–water partition coefficient (Wildman–Crippen LogP) is 7.51. The van der Waals surface area contributed by atoms with Crippen molar-refractivity contribution in [2.75, 3.05) is 70.3 Å². The summed E-state index contributed by atoms with van der Waals surface area (Å²) in [5, 5.41) is 4.68. The van der Waals surface area contributed by atoms with Gasteiger partial charge in [0.25, 0.3) is 5.88 Å². The first-order valence-corrected chi connectivity index (χ1v) is 19.8. The van der Waals surface area contributed by atoms with Crippen LogP contribution in [-0.2, 0) is 40.2 Å². The van der Waals surface area contributed by atoms with Gasteiger partial charge in [0.2, 0.25) is 0 Å². The number of rotatable bonds is 18. The van der Waals surface area contributed by atoms with Gasteiger partial charge in [0.1, 0.15) is 24.8 Å². The number of halogens is 4. The van der Waals surface area contributed by atoms with Crippen LogP contribution in [-0.4, -0.2) is 96.4 Å². The van der Waals surface area contributed by atoms with Crippen LogP contribution in [0.4, 0.5) is 33.7 Å². The predicted molar refractivity (Wildman–Crippen MR) is 221 cm³/mol. The number of amides is 2. The number of nitrogens with one attached hydrogen (secondary N) is 2. The third kappa shape index (κ3) is 12.8. The molecule has 2 aromatic heterocycles. The van der Waals surface area contributed by atoms with E-state index in [4.69, 9.17) is 23.7 Å². The lowest BCUT2D eigenvalue weighted by atomic mass is 10.0. The van der Waals surface area contributed by atoms with Crippen LogP contribution in [0.3, 0.4) is 0 Å². The topological polar surface area (TPSA) is 150 Å². The second kappa shape index (κ2) is 21.4. The highest BCUT2D eigenvalue weighted by Gasteiger charge is 2.35. The zero-order valence-electron chi connectivity index (χ0n) is 34.5. The van der Waals surface area contributed by atoms with E-state index in [2.05, 4.69) is 25.6 Å². The summed E-state index contributed by atoms with van der Waals surface area (Å²) in [6.07, 6.45) is -2.01. The zero-order valence-corrected chi connectivity index (χ0v) is 34.5. The van der Waals surface area contributed by atoms with Crippen LogP contribution in [0.15, 0.2) is 85.2 Å². The van der Waals surface area contributed by atoms with E-state index in [9.17, 15) is 22.8 Å². The molecule has 2 amide bonds. The van der Waals surface area contributed by atoms with Gasteiger partial charge in [0.15, 0.2) is 11.6 Å². The molecule has 3 aromatic carbocycles. The lowest BCUT2D eigenvalue weighted by Gasteiger charge is -2.34. The van der Waals surface area contributed by atoms with Gasteiger partial charge in [0.05, 0.1) is 62.3 Å². The molecule has 1 aliphatic heterocycles. The Labute approximate surface area is 356 Å². The van der Waals surface area contributed by atoms with Crippen molar-refractivity contribution in [1.29, 1.82) is 0 Å². The van der Waals surface area contributed by atoms with Crippen molar-refractivity contribution < 1.29 is 50.8 Å². The van der Waals surface area contributed by atoms with E-state index in [-0.39, 0.29) is 68.4 Å². The smallest absolute Gasteiger partial charge is 0.416 e. The number of urea groups is 1. The van der Waals surface area contributed by atoms with E-state index < -0.39 is 29.3 Å². The Hall–Kier alpha value is -6.37. The number of aromatic nitrogens is 3. The second-order valence-electron chi connectivity index (χ2n) is 14.2. The molecule has 18 heteroatoms. The number of anilines is 2. The molecule has 0 bridgehead atoms. The molecule has 1 fully saturated rings. The molecule has 0 atom stereocenters. The first-order valence-electron chi connectivity index (χ1n) is 19.8. The van der Waals surface area contributed by atoms with Crippen molar-refractivity contribution in [1.82, 2.24) is 24.8 Å². The van der Waals surface area contributed by atoms with Gasteiger partial charge in [-0.05, 0) is 60.9 Å². The molecule has 0 aliphatic carbocycles. The molecule has 3 heterocycles. The number of aryl methyl sites for hydroxylation is 1. The van der Waals surface area contributed by atoms with Gasteiger partial charge in [-0.25, -0.2) is 24.1 Å². The average Bonchev–Trinajstić information content (AvgIpc) is 3.25. The molecule has 0 spiro atoms. The molecule has 0 radical (unpaired) electrons. The Balaban J connectivity index is 1.10. The largest absolute Gasteiger partial charge is 0.497 e. The SMILES string of the molecule is CCOC(=O)CN1CCN(Cc2cc(F)c(NC(=O)Nc3cnc(-c4cnc(OCc5ccc(OC)cc5)c(OCCOCc5ccccc5)c4)nc3C)cc2C(F)(F)F)CC1. The van der Waals surface area contributed by atoms with Crippen LogP contribution in [0.5, 0.6) is 17.4 Å². The molecule has 14 nitrogen and oxygen atoms in total. The number of pyridine rings is 1. The third-order valence-electron chi connectivity index (χ3n) is 9.70. The molecule has 1 saturated heterocycles. The van der Waals surface area contributed by atoms with Gasteiger partial charge >= 0.3 is 18.2 Å². The molecule has 328 valence electrons. The number of hydrogen-bond donors (Lipinski definition) is 2. The summed E-state index contributed by atoms with van der Waals surface area (Å²) in [5.74, 6) is 0.0427. The number of nitrogens with zero attached hydrogens (tertiary/aromatic N) is 5. The van der Waals surface area contributed by atoms with Crippen molar-refractivity contribution in [3.63, 3.8) is 0 Å². The summed E-state index contributed by atoms with van der Waals surface area (Å²) >= 11 is 0. The number of carbonyl (C=O) groups is 2. The molecule has 62 heavy (non-hydrogen) atoms. The lowest BCUT2D eigenvalue weighted by molar-refractivity contribution is -0.145. The molecule has 0 unspecified atom stereocenters. The first-order chi connectivity index (χ1) is 29.9. The molecule has 6 rings (SSSR count). The summed E-state index contributed by atoms with van der Waals surface area (Å²) in [7, 11) is 1.59. The summed E-state index contributed by atoms with van der Waals surface area (Å²) in [6, 6.07) is 19.1. The van der Waals surface area contributed by atoms with Crippen molar-refractivity contribution in [2.45, 2.75) is 39.8 Å². The maximum Gasteiger partial charge on any atom is 0.416 e. The van der Waals surface area contributed by atoms with Crippen LogP contribution in [0.25, 0.3) is 11.4 Å². The van der Waals surface area contributed by atoms with E-state index >= 15 is 4.39 Å². The molecular weight excluding hydrogens is 815 g/mol. The zero-order chi connectivity index (χ0) is 44.1. The van der Waals surface area contributed by atoms with Gasteiger partial charge < -0.3 is 34.3 Å². The Morgan fingerprint density at radius 3 is 2.23 bits per heavy atom. The van der Waals surface area contributed by atoms with Crippen molar-refractivity contribution in [3.05, 3.63) is 119 Å². The molecule has 5 aromatic rings. The number of hydrogen-bond acceptors (Lipinski definition) is 12. The highest BCUT2D eigenvalue weighted by molar-refractivity contribution is 6.00. The van der Waals surface area contributed by atoms with Gasteiger partial charge in [-0.3, -0.25) is 14.6 Å². The molecular formula is C44H47F4N7O7. The van der Waals surface area contributed by atoms with Crippen LogP contribution in [0, 0.1) is 12.7 Å². The minimum atomic E-state index is -4.83. The molecule has 1 aliphatic rings. The van der Waals surface area contributed by atoms with E-state index in [1.807, 2.05) is 59.5 Å². The maximum atomic E-state index is 15.3. The fraction of sp³-hybridized carbons (Fsp3) is 0.341. The molecule has 0 saturated carbocycles. The van der Waals surface area contributed by atoms with Crippen LogP contribution >= 0.6 is 0 Å². The quantitative estimate of drug-likeness (QED) is 0.0510. The summed E-state index contributed by atoms with van der Waals surface area (Å²) in [4.78, 5) is 41.8. The number of carbonyl (C=O) groups excluding carboxylic acids is 2. The Bertz CT molecular complexity index is 2280. The summed E-state index contributed by atoms with van der Waals surface area (Å²) < 4.78 is 86.2. The normalized spacial score (nSPS) is 13.3. The Morgan fingerprint density at radius 1 is 0.823 bits per heavy atom. The third-order valence-corrected chi connectivity index (χ3v) is 9.70. The number of alkyl halides is 3. The van der Waals surface area contributed by atoms with Gasteiger partial charge in [-0.1, -0.05) is 42.5 Å². The van der Waals surface area contributed by atoms with Crippen LogP contribution < -0.4 is 24.8 Å². The van der Waals surface area contributed by atoms with Crippen molar-refractivity contribution in [2.24, 2.45) is 0 Å². The van der Waals surface area contributed by atoms with E-state index in [0.717, 1.165) is 17.2 Å². The van der Waals surface area contributed by atoms with Gasteiger partial charge in [-0.15, -0.1) is 0 Å². The lowest BCUT2D eigenvalue weighted by Crippen LogP contribution is -2.47. The Kier molecular flexibility index (Phi) is 15.6. The molecule has 2 N–H and O–H groups in total. The summed E-state index contributed by atoms with van der Waals surface area (Å²) in [6.45, 7) is 6.10. The minimum absolute atomic E-state index is 0.0832. The average molecular weight is 862 g/mol. The van der Waals surface area contributed by atoms with E-state index in [0.29, 0.717) is 61.6 Å². The second-order valence-corrected chi connectivity index (χ2v) is 14.2. The first kappa shape index (κ1) is 45.2. The number of piperazine rings is 1. The maximum absolute atomic E-state index is 15.3. The van der Waals surface area contributed by atoms with Crippen LogP contribution in [0.2, 0.25) is 0 Å². The highest BCUT2D eigenvalue weighted by atomic mass is 19.4. The summed E-state index contributed by atoms with van der Waals surface area (Å²) in [5.41, 5.74) is 0.754. The fourth-order valence-corrected chi connectivity index (χ4v) is 6.46. The number of esters is 1. The minimum Gasteiger partial charge on any atom is -0.497 e. The standard InChI is InChI=1S/C44H47F4N7O7/c1-4-60-40(56)26-55-16-14-54(15-17-55)25-33-20-36(45)37(22-35(33)44(46,47)48)52-43(57)53-38-24-49-41(51-29(38)2)32-21-39(61-19-18-59-27-30-8-6-5-7-9-30)42(50-23-32)62-28-31-10-12-34(58-3)13-11-31/h5-13,20-24H,4,14-19,25-28H2,1-3H3,(H2,52,53,57). The van der Waals surface area contributed by atoms with Crippen molar-refractivity contribution in [3.8, 4) is 28.8 Å². The van der Waals surface area contributed by atoms with E-state index in [1.165, 1.54) is 12.4 Å². The highest BCUT2D eigenvalue weighted by Crippen LogP contribution is 2.36. The van der Waals surface area contributed by atoms with Gasteiger partial charge in [-0.2, -0.15) is 13.2 Å². The monoisotopic (exact) mass is 861 g/mol. The van der Waals surface area contributed by atoms with Gasteiger partial charge in [0, 0.05) is 44.5 Å².